The number of hydrogen-bond donors (Lipinski definition) is 0. The van der Waals surface area contributed by atoms with Crippen LogP contribution in [-0.2, 0) is 11.3 Å². The Morgan fingerprint density at radius 1 is 1.07 bits per heavy atom. The summed E-state index contributed by atoms with van der Waals surface area (Å²) in [5.41, 5.74) is 1.41. The van der Waals surface area contributed by atoms with Crippen LogP contribution < -0.4 is 10.5 Å². The Morgan fingerprint density at radius 3 is 2.37 bits per heavy atom. The lowest BCUT2D eigenvalue weighted by Crippen LogP contribution is -2.34. The van der Waals surface area contributed by atoms with E-state index in [1.807, 2.05) is 80.6 Å². The Hall–Kier alpha value is -3.12. The minimum atomic E-state index is -0.391. The third kappa shape index (κ3) is 3.71. The standard InChI is InChI=1S/C24H23N3O2S/c1-4-27-23(29)20-14-17-10-8-9-11-18(17)15-21(20)25-24(27)30-16(2)22(28)26(3)19-12-6-5-7-13-19/h5-16H,4H2,1-3H3/t16-/m0/s1. The van der Waals surface area contributed by atoms with Crippen molar-refractivity contribution in [1.29, 1.82) is 0 Å². The van der Waals surface area contributed by atoms with Crippen molar-refractivity contribution in [2.75, 3.05) is 11.9 Å². The number of amides is 1. The number of benzene rings is 3. The molecule has 1 amide bonds. The van der Waals surface area contributed by atoms with Crippen LogP contribution in [0.15, 0.2) is 76.7 Å². The molecule has 0 aliphatic rings. The van der Waals surface area contributed by atoms with E-state index in [2.05, 4.69) is 0 Å². The second-order valence-corrected chi connectivity index (χ2v) is 8.46. The van der Waals surface area contributed by atoms with Crippen LogP contribution in [-0.4, -0.2) is 27.8 Å². The van der Waals surface area contributed by atoms with Gasteiger partial charge in [-0.15, -0.1) is 0 Å². The molecule has 1 aromatic heterocycles. The smallest absolute Gasteiger partial charge is 0.262 e. The molecule has 152 valence electrons. The van der Waals surface area contributed by atoms with Crippen molar-refractivity contribution in [3.8, 4) is 0 Å². The molecule has 1 heterocycles. The monoisotopic (exact) mass is 417 g/mol. The lowest BCUT2D eigenvalue weighted by Gasteiger charge is -2.22. The highest BCUT2D eigenvalue weighted by atomic mass is 32.2. The van der Waals surface area contributed by atoms with Crippen LogP contribution in [0, 0.1) is 0 Å². The van der Waals surface area contributed by atoms with Crippen LogP contribution in [0.3, 0.4) is 0 Å². The first-order valence-electron chi connectivity index (χ1n) is 9.92. The molecule has 3 aromatic carbocycles. The van der Waals surface area contributed by atoms with Gasteiger partial charge in [-0.2, -0.15) is 0 Å². The molecule has 4 rings (SSSR count). The summed E-state index contributed by atoms with van der Waals surface area (Å²) in [5.74, 6) is -0.0401. The first kappa shape index (κ1) is 20.2. The summed E-state index contributed by atoms with van der Waals surface area (Å²) in [6.45, 7) is 4.26. The number of carbonyl (C=O) groups is 1. The molecule has 4 aromatic rings. The predicted octanol–water partition coefficient (Wildman–Crippen LogP) is 4.71. The lowest BCUT2D eigenvalue weighted by atomic mass is 10.1. The summed E-state index contributed by atoms with van der Waals surface area (Å²) >= 11 is 1.32. The fourth-order valence-electron chi connectivity index (χ4n) is 3.52. The predicted molar refractivity (Wildman–Crippen MR) is 124 cm³/mol. The normalized spacial score (nSPS) is 12.2. The van der Waals surface area contributed by atoms with Gasteiger partial charge >= 0.3 is 0 Å². The fraction of sp³-hybridized carbons (Fsp3) is 0.208. The number of aromatic nitrogens is 2. The summed E-state index contributed by atoms with van der Waals surface area (Å²) < 4.78 is 1.65. The largest absolute Gasteiger partial charge is 0.315 e. The van der Waals surface area contributed by atoms with E-state index in [9.17, 15) is 9.59 Å². The van der Waals surface area contributed by atoms with Gasteiger partial charge < -0.3 is 4.90 Å². The molecule has 0 saturated carbocycles. The number of fused-ring (bicyclic) bond motifs is 2. The molecule has 0 spiro atoms. The maximum Gasteiger partial charge on any atom is 0.262 e. The number of para-hydroxylation sites is 1. The fourth-order valence-corrected chi connectivity index (χ4v) is 4.58. The lowest BCUT2D eigenvalue weighted by molar-refractivity contribution is -0.117. The van der Waals surface area contributed by atoms with Gasteiger partial charge in [-0.05, 0) is 48.9 Å². The van der Waals surface area contributed by atoms with E-state index in [1.165, 1.54) is 11.8 Å². The van der Waals surface area contributed by atoms with Crippen molar-refractivity contribution >= 4 is 45.0 Å². The Balaban J connectivity index is 1.71. The molecule has 0 aliphatic carbocycles. The molecular formula is C24H23N3O2S. The first-order valence-corrected chi connectivity index (χ1v) is 10.8. The molecule has 0 bridgehead atoms. The molecule has 0 N–H and O–H groups in total. The zero-order valence-corrected chi connectivity index (χ0v) is 18.0. The van der Waals surface area contributed by atoms with Crippen molar-refractivity contribution in [1.82, 2.24) is 9.55 Å². The average Bonchev–Trinajstić information content (AvgIpc) is 2.78. The van der Waals surface area contributed by atoms with Crippen molar-refractivity contribution in [3.63, 3.8) is 0 Å². The molecule has 0 saturated heterocycles. The summed E-state index contributed by atoms with van der Waals surface area (Å²) in [5, 5.41) is 2.82. The molecule has 0 aliphatic heterocycles. The van der Waals surface area contributed by atoms with Crippen LogP contribution in [0.25, 0.3) is 21.7 Å². The number of carbonyl (C=O) groups excluding carboxylic acids is 1. The second kappa shape index (κ2) is 8.32. The zero-order chi connectivity index (χ0) is 21.3. The highest BCUT2D eigenvalue weighted by Crippen LogP contribution is 2.27. The van der Waals surface area contributed by atoms with Crippen LogP contribution in [0.1, 0.15) is 13.8 Å². The maximum absolute atomic E-state index is 13.1. The van der Waals surface area contributed by atoms with Gasteiger partial charge in [0, 0.05) is 19.3 Å². The highest BCUT2D eigenvalue weighted by molar-refractivity contribution is 8.00. The van der Waals surface area contributed by atoms with Crippen molar-refractivity contribution < 1.29 is 4.79 Å². The number of hydrogen-bond acceptors (Lipinski definition) is 4. The average molecular weight is 418 g/mol. The summed E-state index contributed by atoms with van der Waals surface area (Å²) in [6, 6.07) is 21.3. The van der Waals surface area contributed by atoms with Crippen LogP contribution in [0.4, 0.5) is 5.69 Å². The Labute approximate surface area is 179 Å². The van der Waals surface area contributed by atoms with E-state index in [1.54, 1.807) is 16.5 Å². The molecule has 0 radical (unpaired) electrons. The van der Waals surface area contributed by atoms with E-state index in [-0.39, 0.29) is 11.5 Å². The van der Waals surface area contributed by atoms with Crippen LogP contribution >= 0.6 is 11.8 Å². The summed E-state index contributed by atoms with van der Waals surface area (Å²) in [6.07, 6.45) is 0. The topological polar surface area (TPSA) is 55.2 Å². The molecule has 0 unspecified atom stereocenters. The highest BCUT2D eigenvalue weighted by Gasteiger charge is 2.22. The molecule has 30 heavy (non-hydrogen) atoms. The van der Waals surface area contributed by atoms with Crippen LogP contribution in [0.2, 0.25) is 0 Å². The molecule has 5 nitrogen and oxygen atoms in total. The van der Waals surface area contributed by atoms with Gasteiger partial charge in [0.05, 0.1) is 16.2 Å². The van der Waals surface area contributed by atoms with E-state index in [0.717, 1.165) is 16.5 Å². The Bertz CT molecular complexity index is 1280. The quantitative estimate of drug-likeness (QED) is 0.268. The van der Waals surface area contributed by atoms with E-state index >= 15 is 0 Å². The third-order valence-electron chi connectivity index (χ3n) is 5.21. The second-order valence-electron chi connectivity index (χ2n) is 7.15. The minimum Gasteiger partial charge on any atom is -0.315 e. The van der Waals surface area contributed by atoms with Crippen molar-refractivity contribution in [3.05, 3.63) is 77.1 Å². The van der Waals surface area contributed by atoms with Gasteiger partial charge in [-0.25, -0.2) is 4.98 Å². The third-order valence-corrected chi connectivity index (χ3v) is 6.28. The first-order chi connectivity index (χ1) is 14.5. The van der Waals surface area contributed by atoms with Gasteiger partial charge in [0.25, 0.3) is 5.56 Å². The Kier molecular flexibility index (Phi) is 5.59. The zero-order valence-electron chi connectivity index (χ0n) is 17.2. The van der Waals surface area contributed by atoms with Gasteiger partial charge in [0.2, 0.25) is 5.91 Å². The van der Waals surface area contributed by atoms with E-state index in [4.69, 9.17) is 4.98 Å². The number of rotatable bonds is 5. The Morgan fingerprint density at radius 2 is 1.70 bits per heavy atom. The molecular weight excluding hydrogens is 394 g/mol. The minimum absolute atomic E-state index is 0.0401. The summed E-state index contributed by atoms with van der Waals surface area (Å²) in [4.78, 5) is 32.5. The number of nitrogens with zero attached hydrogens (tertiary/aromatic N) is 3. The van der Waals surface area contributed by atoms with E-state index in [0.29, 0.717) is 22.6 Å². The maximum atomic E-state index is 13.1. The van der Waals surface area contributed by atoms with Crippen molar-refractivity contribution in [2.45, 2.75) is 30.8 Å². The van der Waals surface area contributed by atoms with Crippen molar-refractivity contribution in [2.24, 2.45) is 0 Å². The number of anilines is 1. The SMILES string of the molecule is CCn1c(S[C@@H](C)C(=O)N(C)c2ccccc2)nc2cc3ccccc3cc2c1=O. The molecule has 0 fully saturated rings. The van der Waals surface area contributed by atoms with Crippen LogP contribution in [0.5, 0.6) is 0 Å². The van der Waals surface area contributed by atoms with Gasteiger partial charge in [-0.1, -0.05) is 54.2 Å². The number of thioether (sulfide) groups is 1. The van der Waals surface area contributed by atoms with Gasteiger partial charge in [0.15, 0.2) is 5.16 Å². The molecule has 6 heteroatoms. The summed E-state index contributed by atoms with van der Waals surface area (Å²) in [7, 11) is 1.77. The van der Waals surface area contributed by atoms with Gasteiger partial charge in [0.1, 0.15) is 0 Å². The van der Waals surface area contributed by atoms with E-state index < -0.39 is 5.25 Å². The molecule has 1 atom stereocenters. The van der Waals surface area contributed by atoms with Gasteiger partial charge in [-0.3, -0.25) is 14.2 Å².